The van der Waals surface area contributed by atoms with Crippen LogP contribution in [-0.4, -0.2) is 49.9 Å². The normalized spacial score (nSPS) is 22.7. The number of fused-ring (bicyclic) bond motifs is 3. The third-order valence-electron chi connectivity index (χ3n) is 6.38. The summed E-state index contributed by atoms with van der Waals surface area (Å²) in [6.45, 7) is -0.439. The Morgan fingerprint density at radius 3 is 2.58 bits per heavy atom. The predicted octanol–water partition coefficient (Wildman–Crippen LogP) is 4.46. The Labute approximate surface area is 199 Å². The number of hydrogen-bond acceptors (Lipinski definition) is 6. The van der Waals surface area contributed by atoms with Crippen LogP contribution < -0.4 is 4.90 Å². The molecule has 3 aliphatic rings. The summed E-state index contributed by atoms with van der Waals surface area (Å²) in [5.74, 6) is -2.06. The molecule has 2 unspecified atom stereocenters. The molecule has 9 heteroatoms. The highest BCUT2D eigenvalue weighted by atomic mass is 32.2. The van der Waals surface area contributed by atoms with Crippen LogP contribution in [0.25, 0.3) is 6.08 Å². The summed E-state index contributed by atoms with van der Waals surface area (Å²) in [5.41, 5.74) is 4.42. The molecule has 1 saturated carbocycles. The van der Waals surface area contributed by atoms with Gasteiger partial charge < -0.3 is 15.1 Å². The van der Waals surface area contributed by atoms with E-state index in [0.29, 0.717) is 16.9 Å². The van der Waals surface area contributed by atoms with Gasteiger partial charge in [0.05, 0.1) is 10.5 Å². The largest absolute Gasteiger partial charge is 0.480 e. The van der Waals surface area contributed by atoms with E-state index in [2.05, 4.69) is 11.0 Å². The summed E-state index contributed by atoms with van der Waals surface area (Å²) < 4.78 is 0.252. The number of rotatable bonds is 5. The van der Waals surface area contributed by atoms with Crippen molar-refractivity contribution in [1.82, 2.24) is 4.90 Å². The Bertz CT molecular complexity index is 1220. The summed E-state index contributed by atoms with van der Waals surface area (Å²) in [7, 11) is 0. The molecule has 0 bridgehead atoms. The number of hydrogen-bond donors (Lipinski definition) is 2. The topological polar surface area (TPSA) is 98.2 Å². The fourth-order valence-corrected chi connectivity index (χ4v) is 6.24. The first-order chi connectivity index (χ1) is 15.8. The predicted molar refractivity (Wildman–Crippen MR) is 130 cm³/mol. The molecule has 2 heterocycles. The number of aromatic carboxylic acids is 1. The van der Waals surface area contributed by atoms with Gasteiger partial charge in [-0.3, -0.25) is 14.5 Å². The standard InChI is InChI=1S/C24H20N2O5S2/c27-21(28)12-25-22(29)20(33-24(25)32)11-13-4-9-19-17(10-13)16-2-1-3-18(16)26(19)15-7-5-14(6-8-15)23(30)31/h4-11,16,18H,1-3,12H2,(H,27,28)(H,30,31)/b20-11-. The van der Waals surface area contributed by atoms with Gasteiger partial charge in [-0.1, -0.05) is 36.5 Å². The van der Waals surface area contributed by atoms with Crippen LogP contribution in [0.2, 0.25) is 0 Å². The number of carboxylic acids is 2. The zero-order valence-electron chi connectivity index (χ0n) is 17.4. The molecule has 0 aromatic heterocycles. The van der Waals surface area contributed by atoms with Gasteiger partial charge in [0.15, 0.2) is 0 Å². The quantitative estimate of drug-likeness (QED) is 0.478. The SMILES string of the molecule is O=C(O)CN1C(=O)/C(=C/c2ccc3c(c2)C2CCCC2N3c2ccc(C(=O)O)cc2)SC1=S. The molecule has 7 nitrogen and oxygen atoms in total. The van der Waals surface area contributed by atoms with Crippen LogP contribution in [0, 0.1) is 0 Å². The van der Waals surface area contributed by atoms with E-state index >= 15 is 0 Å². The average molecular weight is 481 g/mol. The molecule has 5 rings (SSSR count). The molecule has 2 atom stereocenters. The molecule has 1 aliphatic carbocycles. The molecular formula is C24H20N2O5S2. The van der Waals surface area contributed by atoms with E-state index in [1.165, 1.54) is 5.56 Å². The van der Waals surface area contributed by atoms with Crippen LogP contribution in [0.1, 0.15) is 46.7 Å². The first kappa shape index (κ1) is 21.7. The molecule has 33 heavy (non-hydrogen) atoms. The Morgan fingerprint density at radius 1 is 1.12 bits per heavy atom. The molecule has 2 N–H and O–H groups in total. The Morgan fingerprint density at radius 2 is 1.88 bits per heavy atom. The van der Waals surface area contributed by atoms with Crippen molar-refractivity contribution in [2.24, 2.45) is 0 Å². The zero-order chi connectivity index (χ0) is 23.3. The number of carboxylic acid groups (broad SMARTS) is 2. The number of aliphatic carboxylic acids is 1. The lowest BCUT2D eigenvalue weighted by atomic mass is 9.96. The molecule has 1 amide bonds. The van der Waals surface area contributed by atoms with E-state index in [1.54, 1.807) is 18.2 Å². The summed E-state index contributed by atoms with van der Waals surface area (Å²) in [5, 5.41) is 18.2. The molecular weight excluding hydrogens is 460 g/mol. The average Bonchev–Trinajstić information content (AvgIpc) is 3.43. The molecule has 1 saturated heterocycles. The maximum atomic E-state index is 12.6. The minimum absolute atomic E-state index is 0.252. The minimum atomic E-state index is -1.10. The van der Waals surface area contributed by atoms with Crippen molar-refractivity contribution in [2.45, 2.75) is 31.2 Å². The molecule has 2 aromatic carbocycles. The second-order valence-electron chi connectivity index (χ2n) is 8.31. The number of nitrogens with zero attached hydrogens (tertiary/aromatic N) is 2. The van der Waals surface area contributed by atoms with Gasteiger partial charge in [-0.2, -0.15) is 0 Å². The highest BCUT2D eigenvalue weighted by Gasteiger charge is 2.42. The third kappa shape index (κ3) is 3.81. The molecule has 0 spiro atoms. The maximum Gasteiger partial charge on any atom is 0.335 e. The summed E-state index contributed by atoms with van der Waals surface area (Å²) in [4.78, 5) is 38.7. The summed E-state index contributed by atoms with van der Waals surface area (Å²) >= 11 is 6.30. The summed E-state index contributed by atoms with van der Waals surface area (Å²) in [6.07, 6.45) is 5.03. The van der Waals surface area contributed by atoms with Crippen LogP contribution in [0.3, 0.4) is 0 Å². The van der Waals surface area contributed by atoms with Crippen LogP contribution in [-0.2, 0) is 9.59 Å². The molecule has 168 valence electrons. The number of thioether (sulfide) groups is 1. The third-order valence-corrected chi connectivity index (χ3v) is 7.76. The maximum absolute atomic E-state index is 12.6. The van der Waals surface area contributed by atoms with Crippen LogP contribution in [0.15, 0.2) is 47.4 Å². The van der Waals surface area contributed by atoms with E-state index in [1.807, 2.05) is 24.3 Å². The van der Waals surface area contributed by atoms with Gasteiger partial charge in [0.25, 0.3) is 5.91 Å². The van der Waals surface area contributed by atoms with Crippen molar-refractivity contribution in [3.05, 3.63) is 64.1 Å². The highest BCUT2D eigenvalue weighted by Crippen LogP contribution is 2.52. The van der Waals surface area contributed by atoms with E-state index in [-0.39, 0.29) is 15.8 Å². The first-order valence-electron chi connectivity index (χ1n) is 10.6. The van der Waals surface area contributed by atoms with Gasteiger partial charge in [0.1, 0.15) is 10.9 Å². The van der Waals surface area contributed by atoms with Crippen molar-refractivity contribution < 1.29 is 24.6 Å². The lowest BCUT2D eigenvalue weighted by Crippen LogP contribution is -2.33. The highest BCUT2D eigenvalue weighted by molar-refractivity contribution is 8.26. The lowest BCUT2D eigenvalue weighted by Gasteiger charge is -2.27. The van der Waals surface area contributed by atoms with Gasteiger partial charge in [0.2, 0.25) is 0 Å². The number of carbonyl (C=O) groups is 3. The number of anilines is 2. The lowest BCUT2D eigenvalue weighted by molar-refractivity contribution is -0.140. The molecule has 2 aromatic rings. The van der Waals surface area contributed by atoms with Crippen LogP contribution >= 0.6 is 24.0 Å². The van der Waals surface area contributed by atoms with Gasteiger partial charge in [-0.05, 0) is 66.4 Å². The number of carbonyl (C=O) groups excluding carboxylic acids is 1. The number of amides is 1. The van der Waals surface area contributed by atoms with E-state index in [9.17, 15) is 19.5 Å². The zero-order valence-corrected chi connectivity index (χ0v) is 19.1. The van der Waals surface area contributed by atoms with Crippen molar-refractivity contribution in [3.63, 3.8) is 0 Å². The second kappa shape index (κ2) is 8.31. The minimum Gasteiger partial charge on any atom is -0.480 e. The Hall–Kier alpha value is -3.17. The van der Waals surface area contributed by atoms with Crippen LogP contribution in [0.4, 0.5) is 11.4 Å². The van der Waals surface area contributed by atoms with Gasteiger partial charge >= 0.3 is 11.9 Å². The van der Waals surface area contributed by atoms with Crippen molar-refractivity contribution in [1.29, 1.82) is 0 Å². The Kier molecular flexibility index (Phi) is 5.46. The van der Waals surface area contributed by atoms with E-state index in [0.717, 1.165) is 52.9 Å². The molecule has 2 aliphatic heterocycles. The second-order valence-corrected chi connectivity index (χ2v) is 9.98. The molecule has 0 radical (unpaired) electrons. The van der Waals surface area contributed by atoms with Crippen molar-refractivity contribution in [3.8, 4) is 0 Å². The fourth-order valence-electron chi connectivity index (χ4n) is 4.99. The molecule has 2 fully saturated rings. The summed E-state index contributed by atoms with van der Waals surface area (Å²) in [6, 6.07) is 13.4. The monoisotopic (exact) mass is 480 g/mol. The van der Waals surface area contributed by atoms with Gasteiger partial charge in [-0.25, -0.2) is 4.79 Å². The Balaban J connectivity index is 1.47. The first-order valence-corrected chi connectivity index (χ1v) is 11.8. The number of thiocarbonyl (C=S) groups is 1. The fraction of sp³-hybridized carbons (Fsp3) is 0.250. The van der Waals surface area contributed by atoms with Gasteiger partial charge in [0, 0.05) is 23.3 Å². The van der Waals surface area contributed by atoms with E-state index < -0.39 is 18.5 Å². The van der Waals surface area contributed by atoms with Gasteiger partial charge in [-0.15, -0.1) is 0 Å². The number of benzene rings is 2. The van der Waals surface area contributed by atoms with Crippen molar-refractivity contribution in [2.75, 3.05) is 11.4 Å². The van der Waals surface area contributed by atoms with Crippen LogP contribution in [0.5, 0.6) is 0 Å². The smallest absolute Gasteiger partial charge is 0.335 e. The van der Waals surface area contributed by atoms with Crippen molar-refractivity contribution >= 4 is 63.6 Å². The van der Waals surface area contributed by atoms with E-state index in [4.69, 9.17) is 17.3 Å².